The molecule has 2 fully saturated rings. The quantitative estimate of drug-likeness (QED) is 0.797. The molecule has 19 heavy (non-hydrogen) atoms. The van der Waals surface area contributed by atoms with Gasteiger partial charge in [0.1, 0.15) is 0 Å². The van der Waals surface area contributed by atoms with Crippen LogP contribution in [0.25, 0.3) is 0 Å². The fourth-order valence-electron chi connectivity index (χ4n) is 3.83. The molecule has 0 saturated carbocycles. The molecule has 2 aliphatic heterocycles. The van der Waals surface area contributed by atoms with Gasteiger partial charge in [-0.15, -0.1) is 11.3 Å². The van der Waals surface area contributed by atoms with Gasteiger partial charge in [-0.1, -0.05) is 6.07 Å². The number of rotatable bonds is 3. The molecular formula is C15H21NO2S. The summed E-state index contributed by atoms with van der Waals surface area (Å²) in [5, 5.41) is 2.11. The number of thiophene rings is 1. The number of carbonyl (C=O) groups is 1. The van der Waals surface area contributed by atoms with E-state index in [4.69, 9.17) is 4.74 Å². The third-order valence-corrected chi connectivity index (χ3v) is 5.70. The van der Waals surface area contributed by atoms with E-state index in [1.807, 2.05) is 6.92 Å². The minimum atomic E-state index is 0.00546. The SMILES string of the molecule is CCOC(=O)[C@H]1C[C@H]2CC[C@H]([C@H]1c1cccs1)N2C. The molecule has 0 amide bonds. The summed E-state index contributed by atoms with van der Waals surface area (Å²) in [6.45, 7) is 2.37. The molecule has 3 rings (SSSR count). The molecule has 104 valence electrons. The Hall–Kier alpha value is -0.870. The summed E-state index contributed by atoms with van der Waals surface area (Å²) in [7, 11) is 2.21. The Labute approximate surface area is 118 Å². The van der Waals surface area contributed by atoms with Gasteiger partial charge >= 0.3 is 5.97 Å². The zero-order chi connectivity index (χ0) is 13.4. The van der Waals surface area contributed by atoms with E-state index in [0.717, 1.165) is 6.42 Å². The molecule has 0 N–H and O–H groups in total. The maximum atomic E-state index is 12.3. The van der Waals surface area contributed by atoms with Gasteiger partial charge in [-0.3, -0.25) is 9.69 Å². The van der Waals surface area contributed by atoms with Crippen molar-refractivity contribution in [2.75, 3.05) is 13.7 Å². The lowest BCUT2D eigenvalue weighted by Crippen LogP contribution is -2.47. The lowest BCUT2D eigenvalue weighted by Gasteiger charge is -2.41. The van der Waals surface area contributed by atoms with Gasteiger partial charge in [-0.25, -0.2) is 0 Å². The van der Waals surface area contributed by atoms with Crippen LogP contribution in [0.15, 0.2) is 17.5 Å². The highest BCUT2D eigenvalue weighted by Crippen LogP contribution is 2.48. The summed E-state index contributed by atoms with van der Waals surface area (Å²) in [5.41, 5.74) is 0. The highest BCUT2D eigenvalue weighted by atomic mass is 32.1. The number of nitrogens with zero attached hydrogens (tertiary/aromatic N) is 1. The van der Waals surface area contributed by atoms with Gasteiger partial charge in [0.2, 0.25) is 0 Å². The second-order valence-electron chi connectivity index (χ2n) is 5.60. The Bertz CT molecular complexity index is 445. The highest BCUT2D eigenvalue weighted by molar-refractivity contribution is 7.10. The van der Waals surface area contributed by atoms with Gasteiger partial charge in [0.15, 0.2) is 0 Å². The second-order valence-corrected chi connectivity index (χ2v) is 6.58. The maximum Gasteiger partial charge on any atom is 0.309 e. The monoisotopic (exact) mass is 279 g/mol. The molecule has 2 bridgehead atoms. The van der Waals surface area contributed by atoms with Crippen LogP contribution in [-0.4, -0.2) is 36.6 Å². The van der Waals surface area contributed by atoms with Crippen LogP contribution in [0.3, 0.4) is 0 Å². The van der Waals surface area contributed by atoms with E-state index in [1.165, 1.54) is 17.7 Å². The summed E-state index contributed by atoms with van der Waals surface area (Å²) in [6.07, 6.45) is 3.38. The highest BCUT2D eigenvalue weighted by Gasteiger charge is 2.49. The molecule has 1 aromatic rings. The second kappa shape index (κ2) is 5.25. The van der Waals surface area contributed by atoms with Gasteiger partial charge in [0.25, 0.3) is 0 Å². The number of piperidine rings is 1. The molecule has 4 atom stereocenters. The molecule has 3 nitrogen and oxygen atoms in total. The first-order valence-electron chi connectivity index (χ1n) is 7.14. The first-order chi connectivity index (χ1) is 9.22. The van der Waals surface area contributed by atoms with Crippen LogP contribution in [-0.2, 0) is 9.53 Å². The number of carbonyl (C=O) groups excluding carboxylic acids is 1. The Morgan fingerprint density at radius 3 is 3.05 bits per heavy atom. The fraction of sp³-hybridized carbons (Fsp3) is 0.667. The van der Waals surface area contributed by atoms with Crippen molar-refractivity contribution in [3.05, 3.63) is 22.4 Å². The minimum absolute atomic E-state index is 0.00546. The van der Waals surface area contributed by atoms with Crippen molar-refractivity contribution in [1.29, 1.82) is 0 Å². The van der Waals surface area contributed by atoms with E-state index < -0.39 is 0 Å². The van der Waals surface area contributed by atoms with Crippen molar-refractivity contribution in [1.82, 2.24) is 4.90 Å². The first-order valence-corrected chi connectivity index (χ1v) is 8.02. The summed E-state index contributed by atoms with van der Waals surface area (Å²) in [5.74, 6) is 0.376. The molecule has 2 saturated heterocycles. The maximum absolute atomic E-state index is 12.3. The van der Waals surface area contributed by atoms with Crippen LogP contribution >= 0.6 is 11.3 Å². The van der Waals surface area contributed by atoms with Crippen LogP contribution in [0.4, 0.5) is 0 Å². The van der Waals surface area contributed by atoms with Crippen molar-refractivity contribution in [3.8, 4) is 0 Å². The lowest BCUT2D eigenvalue weighted by molar-refractivity contribution is -0.151. The number of ether oxygens (including phenoxy) is 1. The largest absolute Gasteiger partial charge is 0.466 e. The molecule has 0 aromatic carbocycles. The molecule has 1 aromatic heterocycles. The predicted molar refractivity (Wildman–Crippen MR) is 76.4 cm³/mol. The number of esters is 1. The average molecular weight is 279 g/mol. The lowest BCUT2D eigenvalue weighted by atomic mass is 9.79. The summed E-state index contributed by atoms with van der Waals surface area (Å²) >= 11 is 1.77. The van der Waals surface area contributed by atoms with Crippen molar-refractivity contribution >= 4 is 17.3 Å². The van der Waals surface area contributed by atoms with Crippen LogP contribution in [0, 0.1) is 5.92 Å². The van der Waals surface area contributed by atoms with E-state index in [-0.39, 0.29) is 11.9 Å². The molecule has 0 radical (unpaired) electrons. The van der Waals surface area contributed by atoms with Crippen molar-refractivity contribution in [2.45, 2.75) is 44.2 Å². The summed E-state index contributed by atoms with van der Waals surface area (Å²) < 4.78 is 5.32. The van der Waals surface area contributed by atoms with Crippen LogP contribution < -0.4 is 0 Å². The van der Waals surface area contributed by atoms with E-state index in [1.54, 1.807) is 11.3 Å². The first kappa shape index (κ1) is 13.1. The van der Waals surface area contributed by atoms with Crippen LogP contribution in [0.2, 0.25) is 0 Å². The average Bonchev–Trinajstić information content (AvgIpc) is 2.98. The van der Waals surface area contributed by atoms with Gasteiger partial charge < -0.3 is 4.74 Å². The van der Waals surface area contributed by atoms with Crippen molar-refractivity contribution < 1.29 is 9.53 Å². The fourth-order valence-corrected chi connectivity index (χ4v) is 4.78. The smallest absolute Gasteiger partial charge is 0.309 e. The van der Waals surface area contributed by atoms with E-state index in [9.17, 15) is 4.79 Å². The third-order valence-electron chi connectivity index (χ3n) is 4.73. The Morgan fingerprint density at radius 2 is 2.37 bits per heavy atom. The minimum Gasteiger partial charge on any atom is -0.466 e. The molecule has 0 aliphatic carbocycles. The van der Waals surface area contributed by atoms with E-state index in [0.29, 0.717) is 24.6 Å². The molecule has 2 aliphatic rings. The standard InChI is InChI=1S/C15H21NO2S/c1-3-18-15(17)11-9-10-6-7-12(16(10)2)14(11)13-5-4-8-19-13/h4-5,8,10-12,14H,3,6-7,9H2,1-2H3/t10-,11+,12-,14+/m1/s1. The molecule has 4 heteroatoms. The van der Waals surface area contributed by atoms with Crippen LogP contribution in [0.1, 0.15) is 37.0 Å². The normalized spacial score (nSPS) is 34.4. The molecular weight excluding hydrogens is 258 g/mol. The number of hydrogen-bond donors (Lipinski definition) is 0. The Balaban J connectivity index is 1.91. The molecule has 0 unspecified atom stereocenters. The number of likely N-dealkylation sites (N-methyl/N-ethyl adjacent to an activating group) is 1. The Kier molecular flexibility index (Phi) is 3.63. The zero-order valence-electron chi connectivity index (χ0n) is 11.5. The summed E-state index contributed by atoms with van der Waals surface area (Å²) in [4.78, 5) is 16.1. The van der Waals surface area contributed by atoms with Gasteiger partial charge in [0, 0.05) is 22.9 Å². The van der Waals surface area contributed by atoms with E-state index in [2.05, 4.69) is 29.5 Å². The van der Waals surface area contributed by atoms with Crippen molar-refractivity contribution in [2.24, 2.45) is 5.92 Å². The topological polar surface area (TPSA) is 29.5 Å². The predicted octanol–water partition coefficient (Wildman–Crippen LogP) is 2.88. The van der Waals surface area contributed by atoms with Gasteiger partial charge in [0.05, 0.1) is 12.5 Å². The molecule has 0 spiro atoms. The number of fused-ring (bicyclic) bond motifs is 2. The van der Waals surface area contributed by atoms with Gasteiger partial charge in [-0.05, 0) is 44.7 Å². The number of hydrogen-bond acceptors (Lipinski definition) is 4. The molecule has 3 heterocycles. The third kappa shape index (κ3) is 2.21. The van der Waals surface area contributed by atoms with Gasteiger partial charge in [-0.2, -0.15) is 0 Å². The Morgan fingerprint density at radius 1 is 1.53 bits per heavy atom. The summed E-state index contributed by atoms with van der Waals surface area (Å²) in [6, 6.07) is 5.33. The van der Waals surface area contributed by atoms with Crippen LogP contribution in [0.5, 0.6) is 0 Å². The zero-order valence-corrected chi connectivity index (χ0v) is 12.4. The van der Waals surface area contributed by atoms with E-state index >= 15 is 0 Å². The van der Waals surface area contributed by atoms with Crippen molar-refractivity contribution in [3.63, 3.8) is 0 Å².